The van der Waals surface area contributed by atoms with Crippen LogP contribution in [-0.2, 0) is 7.05 Å². The van der Waals surface area contributed by atoms with E-state index in [9.17, 15) is 4.79 Å². The van der Waals surface area contributed by atoms with Crippen LogP contribution in [0.2, 0.25) is 0 Å². The molecule has 0 atom stereocenters. The van der Waals surface area contributed by atoms with Crippen LogP contribution >= 0.6 is 0 Å². The van der Waals surface area contributed by atoms with Crippen molar-refractivity contribution in [3.05, 3.63) is 54.4 Å². The summed E-state index contributed by atoms with van der Waals surface area (Å²) in [4.78, 5) is 17.3. The number of aryl methyl sites for hydroxylation is 2. The molecule has 3 aromatic rings. The first-order valence-corrected chi connectivity index (χ1v) is 8.60. The van der Waals surface area contributed by atoms with Gasteiger partial charge in [0.2, 0.25) is 0 Å². The van der Waals surface area contributed by atoms with Gasteiger partial charge in [0.1, 0.15) is 12.7 Å². The second-order valence-corrected chi connectivity index (χ2v) is 6.54. The van der Waals surface area contributed by atoms with Gasteiger partial charge in [0.15, 0.2) is 0 Å². The standard InChI is InChI=1S/C18H21N7O/c1-14-3-4-17(25-12-19-20-13-25)16(9-14)18(26)24-7-5-23(6-8-24)15-10-21-22(2)11-15/h3-4,9-13H,5-8H2,1-2H3. The lowest BCUT2D eigenvalue weighted by Gasteiger charge is -2.35. The van der Waals surface area contributed by atoms with Crippen LogP contribution in [0.1, 0.15) is 15.9 Å². The van der Waals surface area contributed by atoms with Gasteiger partial charge in [0.05, 0.1) is 23.1 Å². The maximum absolute atomic E-state index is 13.2. The van der Waals surface area contributed by atoms with Gasteiger partial charge in [-0.3, -0.25) is 14.0 Å². The summed E-state index contributed by atoms with van der Waals surface area (Å²) in [6.07, 6.45) is 7.09. The van der Waals surface area contributed by atoms with Gasteiger partial charge < -0.3 is 9.80 Å². The molecule has 0 radical (unpaired) electrons. The third kappa shape index (κ3) is 3.05. The SMILES string of the molecule is Cc1ccc(-n2cnnc2)c(C(=O)N2CCN(c3cnn(C)c3)CC2)c1. The molecule has 0 aliphatic carbocycles. The molecule has 3 heterocycles. The second-order valence-electron chi connectivity index (χ2n) is 6.54. The van der Waals surface area contributed by atoms with Crippen LogP contribution in [0.4, 0.5) is 5.69 Å². The first-order valence-electron chi connectivity index (χ1n) is 8.60. The van der Waals surface area contributed by atoms with Crippen molar-refractivity contribution >= 4 is 11.6 Å². The molecular weight excluding hydrogens is 330 g/mol. The predicted octanol–water partition coefficient (Wildman–Crippen LogP) is 1.27. The van der Waals surface area contributed by atoms with Crippen molar-refractivity contribution in [2.24, 2.45) is 7.05 Å². The molecule has 1 aliphatic heterocycles. The lowest BCUT2D eigenvalue weighted by atomic mass is 10.1. The van der Waals surface area contributed by atoms with Crippen molar-refractivity contribution in [2.45, 2.75) is 6.92 Å². The van der Waals surface area contributed by atoms with Crippen molar-refractivity contribution in [3.8, 4) is 5.69 Å². The molecule has 8 heteroatoms. The Bertz CT molecular complexity index is 908. The molecular formula is C18H21N7O. The molecule has 8 nitrogen and oxygen atoms in total. The summed E-state index contributed by atoms with van der Waals surface area (Å²) in [6, 6.07) is 5.87. The maximum atomic E-state index is 13.2. The minimum atomic E-state index is 0.0447. The van der Waals surface area contributed by atoms with E-state index < -0.39 is 0 Å². The topological polar surface area (TPSA) is 72.1 Å². The number of nitrogens with zero attached hydrogens (tertiary/aromatic N) is 7. The normalized spacial score (nSPS) is 14.7. The number of anilines is 1. The molecule has 1 amide bonds. The Labute approximate surface area is 151 Å². The van der Waals surface area contributed by atoms with Gasteiger partial charge in [-0.15, -0.1) is 10.2 Å². The molecule has 4 rings (SSSR count). The maximum Gasteiger partial charge on any atom is 0.256 e. The highest BCUT2D eigenvalue weighted by Crippen LogP contribution is 2.21. The summed E-state index contributed by atoms with van der Waals surface area (Å²) in [5, 5.41) is 11.9. The Kier molecular flexibility index (Phi) is 4.16. The Hall–Kier alpha value is -3.16. The smallest absolute Gasteiger partial charge is 0.256 e. The number of carbonyl (C=O) groups excluding carboxylic acids is 1. The van der Waals surface area contributed by atoms with Gasteiger partial charge >= 0.3 is 0 Å². The van der Waals surface area contributed by atoms with Gasteiger partial charge in [0, 0.05) is 39.4 Å². The number of piperazine rings is 1. The fourth-order valence-corrected chi connectivity index (χ4v) is 3.28. The highest BCUT2D eigenvalue weighted by atomic mass is 16.2. The summed E-state index contributed by atoms with van der Waals surface area (Å²) in [5.41, 5.74) is 3.64. The van der Waals surface area contributed by atoms with Crippen LogP contribution in [0, 0.1) is 6.92 Å². The van der Waals surface area contributed by atoms with Crippen molar-refractivity contribution in [1.29, 1.82) is 0 Å². The summed E-state index contributed by atoms with van der Waals surface area (Å²) in [5.74, 6) is 0.0447. The van der Waals surface area contributed by atoms with Crippen LogP contribution < -0.4 is 4.90 Å². The number of aromatic nitrogens is 5. The largest absolute Gasteiger partial charge is 0.365 e. The average Bonchev–Trinajstić information content (AvgIpc) is 3.33. The highest BCUT2D eigenvalue weighted by molar-refractivity contribution is 5.98. The van der Waals surface area contributed by atoms with Crippen LogP contribution in [-0.4, -0.2) is 61.5 Å². The van der Waals surface area contributed by atoms with E-state index in [0.717, 1.165) is 30.0 Å². The number of benzene rings is 1. The molecule has 1 aliphatic rings. The zero-order chi connectivity index (χ0) is 18.1. The van der Waals surface area contributed by atoms with E-state index >= 15 is 0 Å². The van der Waals surface area contributed by atoms with Gasteiger partial charge in [-0.1, -0.05) is 11.6 Å². The second kappa shape index (κ2) is 6.62. The zero-order valence-electron chi connectivity index (χ0n) is 14.9. The van der Waals surface area contributed by atoms with Crippen LogP contribution in [0.15, 0.2) is 43.2 Å². The van der Waals surface area contributed by atoms with E-state index in [1.807, 2.05) is 49.5 Å². The third-order valence-electron chi connectivity index (χ3n) is 4.70. The predicted molar refractivity (Wildman–Crippen MR) is 97.4 cm³/mol. The van der Waals surface area contributed by atoms with E-state index in [0.29, 0.717) is 18.7 Å². The molecule has 1 fully saturated rings. The van der Waals surface area contributed by atoms with Gasteiger partial charge in [0.25, 0.3) is 5.91 Å². The number of amides is 1. The first-order chi connectivity index (χ1) is 12.6. The van der Waals surface area contributed by atoms with Crippen molar-refractivity contribution < 1.29 is 4.79 Å². The Morgan fingerprint density at radius 2 is 1.81 bits per heavy atom. The molecule has 0 unspecified atom stereocenters. The molecule has 2 aromatic heterocycles. The van der Waals surface area contributed by atoms with Gasteiger partial charge in [-0.05, 0) is 19.1 Å². The quantitative estimate of drug-likeness (QED) is 0.711. The fourth-order valence-electron chi connectivity index (χ4n) is 3.28. The minimum Gasteiger partial charge on any atom is -0.365 e. The average molecular weight is 351 g/mol. The highest BCUT2D eigenvalue weighted by Gasteiger charge is 2.25. The molecule has 26 heavy (non-hydrogen) atoms. The van der Waals surface area contributed by atoms with E-state index in [-0.39, 0.29) is 5.91 Å². The van der Waals surface area contributed by atoms with E-state index in [4.69, 9.17) is 0 Å². The zero-order valence-corrected chi connectivity index (χ0v) is 14.9. The monoisotopic (exact) mass is 351 g/mol. The number of rotatable bonds is 3. The van der Waals surface area contributed by atoms with Crippen LogP contribution in [0.25, 0.3) is 5.69 Å². The molecule has 0 saturated carbocycles. The van der Waals surface area contributed by atoms with Gasteiger partial charge in [-0.2, -0.15) is 5.10 Å². The molecule has 1 aromatic carbocycles. The fraction of sp³-hybridized carbons (Fsp3) is 0.333. The van der Waals surface area contributed by atoms with E-state index in [1.165, 1.54) is 0 Å². The summed E-state index contributed by atoms with van der Waals surface area (Å²) in [6.45, 7) is 4.95. The Morgan fingerprint density at radius 3 is 2.46 bits per heavy atom. The number of hydrogen-bond acceptors (Lipinski definition) is 5. The van der Waals surface area contributed by atoms with Crippen LogP contribution in [0.5, 0.6) is 0 Å². The Balaban J connectivity index is 1.53. The van der Waals surface area contributed by atoms with Crippen molar-refractivity contribution in [2.75, 3.05) is 31.1 Å². The van der Waals surface area contributed by atoms with Gasteiger partial charge in [-0.25, -0.2) is 0 Å². The van der Waals surface area contributed by atoms with E-state index in [1.54, 1.807) is 21.9 Å². The lowest BCUT2D eigenvalue weighted by Crippen LogP contribution is -2.48. The van der Waals surface area contributed by atoms with Crippen LogP contribution in [0.3, 0.4) is 0 Å². The van der Waals surface area contributed by atoms with E-state index in [2.05, 4.69) is 20.2 Å². The number of hydrogen-bond donors (Lipinski definition) is 0. The Morgan fingerprint density at radius 1 is 1.08 bits per heavy atom. The third-order valence-corrected chi connectivity index (χ3v) is 4.70. The van der Waals surface area contributed by atoms with Crippen molar-refractivity contribution in [3.63, 3.8) is 0 Å². The molecule has 0 bridgehead atoms. The summed E-state index contributed by atoms with van der Waals surface area (Å²) >= 11 is 0. The molecule has 134 valence electrons. The minimum absolute atomic E-state index is 0.0447. The molecule has 0 N–H and O–H groups in total. The summed E-state index contributed by atoms with van der Waals surface area (Å²) < 4.78 is 3.57. The number of carbonyl (C=O) groups is 1. The molecule has 1 saturated heterocycles. The lowest BCUT2D eigenvalue weighted by molar-refractivity contribution is 0.0746. The summed E-state index contributed by atoms with van der Waals surface area (Å²) in [7, 11) is 1.91. The molecule has 0 spiro atoms. The first kappa shape index (κ1) is 16.3. The van der Waals surface area contributed by atoms with Crippen molar-refractivity contribution in [1.82, 2.24) is 29.4 Å².